The van der Waals surface area contributed by atoms with Crippen LogP contribution in [-0.4, -0.2) is 31.7 Å². The Hall–Kier alpha value is -2.71. The molecule has 0 saturated heterocycles. The molecule has 1 amide bonds. The molecule has 0 fully saturated rings. The van der Waals surface area contributed by atoms with Crippen molar-refractivity contribution < 1.29 is 18.3 Å². The molecular formula is C19H23N3O4S. The summed E-state index contributed by atoms with van der Waals surface area (Å²) in [5.74, 6) is -0.716. The van der Waals surface area contributed by atoms with Gasteiger partial charge in [0, 0.05) is 0 Å². The van der Waals surface area contributed by atoms with E-state index in [-0.39, 0.29) is 16.6 Å². The summed E-state index contributed by atoms with van der Waals surface area (Å²) >= 11 is 0. The number of nitrogens with zero attached hydrogens (tertiary/aromatic N) is 1. The number of carbonyl (C=O) groups excluding carboxylic acids is 1. The lowest BCUT2D eigenvalue weighted by Crippen LogP contribution is -2.48. The first kappa shape index (κ1) is 20.6. The first-order valence-corrected chi connectivity index (χ1v) is 9.88. The van der Waals surface area contributed by atoms with Gasteiger partial charge in [-0.15, -0.1) is 0 Å². The zero-order chi connectivity index (χ0) is 20.0. The van der Waals surface area contributed by atoms with Crippen LogP contribution in [0.25, 0.3) is 0 Å². The number of hydrogen-bond donors (Lipinski definition) is 3. The van der Waals surface area contributed by atoms with Gasteiger partial charge in [-0.3, -0.25) is 4.79 Å². The number of carbonyl (C=O) groups is 1. The van der Waals surface area contributed by atoms with Gasteiger partial charge in [0.2, 0.25) is 10.0 Å². The Balaban J connectivity index is 2.08. The van der Waals surface area contributed by atoms with Gasteiger partial charge < -0.3 is 5.11 Å². The number of hydrogen-bond acceptors (Lipinski definition) is 5. The second-order valence-corrected chi connectivity index (χ2v) is 8.20. The maximum Gasteiger partial charge on any atom is 0.258 e. The maximum atomic E-state index is 12.5. The van der Waals surface area contributed by atoms with Crippen molar-refractivity contribution in [1.29, 1.82) is 0 Å². The number of rotatable bonds is 7. The van der Waals surface area contributed by atoms with Crippen molar-refractivity contribution in [2.75, 3.05) is 0 Å². The molecule has 27 heavy (non-hydrogen) atoms. The molecule has 2 aromatic carbocycles. The third kappa shape index (κ3) is 5.90. The Labute approximate surface area is 159 Å². The van der Waals surface area contributed by atoms with E-state index in [1.54, 1.807) is 38.1 Å². The van der Waals surface area contributed by atoms with Gasteiger partial charge in [0.05, 0.1) is 11.1 Å². The molecule has 0 aromatic heterocycles. The Bertz CT molecular complexity index is 905. The predicted octanol–water partition coefficient (Wildman–Crippen LogP) is 2.15. The van der Waals surface area contributed by atoms with Gasteiger partial charge in [0.25, 0.3) is 5.91 Å². The first-order valence-electron chi connectivity index (χ1n) is 8.40. The van der Waals surface area contributed by atoms with E-state index in [9.17, 15) is 18.3 Å². The normalized spacial score (nSPS) is 13.0. The van der Waals surface area contributed by atoms with E-state index in [4.69, 9.17) is 0 Å². The average molecular weight is 389 g/mol. The quantitative estimate of drug-likeness (QED) is 0.498. The minimum atomic E-state index is -3.84. The van der Waals surface area contributed by atoms with Crippen molar-refractivity contribution >= 4 is 22.1 Å². The van der Waals surface area contributed by atoms with Gasteiger partial charge in [-0.2, -0.15) is 9.82 Å². The number of nitrogens with one attached hydrogen (secondary N) is 2. The van der Waals surface area contributed by atoms with E-state index in [2.05, 4.69) is 15.2 Å². The first-order chi connectivity index (χ1) is 12.7. The average Bonchev–Trinajstić information content (AvgIpc) is 2.61. The Kier molecular flexibility index (Phi) is 6.70. The van der Waals surface area contributed by atoms with Crippen LogP contribution in [0, 0.1) is 12.8 Å². The lowest BCUT2D eigenvalue weighted by Gasteiger charge is -2.20. The third-order valence-electron chi connectivity index (χ3n) is 3.84. The van der Waals surface area contributed by atoms with Crippen LogP contribution < -0.4 is 10.1 Å². The highest BCUT2D eigenvalue weighted by molar-refractivity contribution is 7.89. The Morgan fingerprint density at radius 3 is 2.22 bits per heavy atom. The lowest BCUT2D eigenvalue weighted by molar-refractivity contribution is -0.123. The second kappa shape index (κ2) is 8.79. The van der Waals surface area contributed by atoms with Crippen LogP contribution in [0.1, 0.15) is 25.0 Å². The molecule has 0 bridgehead atoms. The predicted molar refractivity (Wildman–Crippen MR) is 104 cm³/mol. The number of hydrazone groups is 1. The van der Waals surface area contributed by atoms with Crippen LogP contribution in [0.2, 0.25) is 0 Å². The van der Waals surface area contributed by atoms with Gasteiger partial charge in [0.1, 0.15) is 11.8 Å². The molecule has 0 spiro atoms. The molecular weight excluding hydrogens is 366 g/mol. The van der Waals surface area contributed by atoms with E-state index in [0.29, 0.717) is 5.56 Å². The number of phenolic OH excluding ortho intramolecular Hbond substituents is 1. The van der Waals surface area contributed by atoms with Gasteiger partial charge in [-0.25, -0.2) is 13.8 Å². The summed E-state index contributed by atoms with van der Waals surface area (Å²) < 4.78 is 27.5. The fraction of sp³-hybridized carbons (Fsp3) is 0.263. The standard InChI is InChI=1S/C19H23N3O4S/c1-13(2)18(22-27(25,26)17-10-4-14(3)5-11-17)19(24)21-20-12-15-6-8-16(23)9-7-15/h4-13,18,22-23H,1-3H3,(H,21,24)/b20-12-/t18-/m0/s1. The number of phenols is 1. The van der Waals surface area contributed by atoms with Crippen molar-refractivity contribution in [3.63, 3.8) is 0 Å². The molecule has 0 aliphatic heterocycles. The monoisotopic (exact) mass is 389 g/mol. The number of sulfonamides is 1. The zero-order valence-corrected chi connectivity index (χ0v) is 16.2. The molecule has 8 heteroatoms. The molecule has 2 aromatic rings. The molecule has 0 radical (unpaired) electrons. The van der Waals surface area contributed by atoms with Crippen LogP contribution in [0.3, 0.4) is 0 Å². The van der Waals surface area contributed by atoms with Crippen LogP contribution in [-0.2, 0) is 14.8 Å². The SMILES string of the molecule is Cc1ccc(S(=O)(=O)N[C@H](C(=O)N/N=C\c2ccc(O)cc2)C(C)C)cc1. The van der Waals surface area contributed by atoms with E-state index >= 15 is 0 Å². The summed E-state index contributed by atoms with van der Waals surface area (Å²) in [7, 11) is -3.84. The van der Waals surface area contributed by atoms with Crippen LogP contribution in [0.15, 0.2) is 58.5 Å². The summed E-state index contributed by atoms with van der Waals surface area (Å²) in [6, 6.07) is 11.7. The minimum absolute atomic E-state index is 0.0964. The van der Waals surface area contributed by atoms with Crippen LogP contribution >= 0.6 is 0 Å². The van der Waals surface area contributed by atoms with E-state index in [1.807, 2.05) is 6.92 Å². The molecule has 0 heterocycles. The lowest BCUT2D eigenvalue weighted by atomic mass is 10.1. The summed E-state index contributed by atoms with van der Waals surface area (Å²) in [6.07, 6.45) is 1.41. The zero-order valence-electron chi connectivity index (χ0n) is 15.4. The van der Waals surface area contributed by atoms with Crippen molar-refractivity contribution in [2.24, 2.45) is 11.0 Å². The van der Waals surface area contributed by atoms with Crippen molar-refractivity contribution in [1.82, 2.24) is 10.1 Å². The van der Waals surface area contributed by atoms with Gasteiger partial charge >= 0.3 is 0 Å². The number of aromatic hydroxyl groups is 1. The highest BCUT2D eigenvalue weighted by Gasteiger charge is 2.28. The molecule has 2 rings (SSSR count). The second-order valence-electron chi connectivity index (χ2n) is 6.48. The van der Waals surface area contributed by atoms with Crippen molar-refractivity contribution in [2.45, 2.75) is 31.7 Å². The van der Waals surface area contributed by atoms with Gasteiger partial charge in [-0.05, 0) is 54.8 Å². The van der Waals surface area contributed by atoms with Gasteiger partial charge in [0.15, 0.2) is 0 Å². The van der Waals surface area contributed by atoms with E-state index in [0.717, 1.165) is 5.56 Å². The molecule has 0 saturated carbocycles. The van der Waals surface area contributed by atoms with E-state index < -0.39 is 22.0 Å². The highest BCUT2D eigenvalue weighted by atomic mass is 32.2. The molecule has 0 aliphatic carbocycles. The summed E-state index contributed by atoms with van der Waals surface area (Å²) in [6.45, 7) is 5.34. The molecule has 1 atom stereocenters. The number of amides is 1. The van der Waals surface area contributed by atoms with Crippen LogP contribution in [0.5, 0.6) is 5.75 Å². The fourth-order valence-electron chi connectivity index (χ4n) is 2.25. The van der Waals surface area contributed by atoms with Crippen LogP contribution in [0.4, 0.5) is 0 Å². The molecule has 0 unspecified atom stereocenters. The minimum Gasteiger partial charge on any atom is -0.508 e. The summed E-state index contributed by atoms with van der Waals surface area (Å²) in [5, 5.41) is 13.1. The summed E-state index contributed by atoms with van der Waals surface area (Å²) in [4.78, 5) is 12.5. The van der Waals surface area contributed by atoms with E-state index in [1.165, 1.54) is 30.5 Å². The van der Waals surface area contributed by atoms with Gasteiger partial charge in [-0.1, -0.05) is 31.5 Å². The maximum absolute atomic E-state index is 12.5. The summed E-state index contributed by atoms with van der Waals surface area (Å²) in [5.41, 5.74) is 3.97. The number of aryl methyl sites for hydroxylation is 1. The molecule has 7 nitrogen and oxygen atoms in total. The topological polar surface area (TPSA) is 108 Å². The van der Waals surface area contributed by atoms with Crippen molar-refractivity contribution in [3.05, 3.63) is 59.7 Å². The Morgan fingerprint density at radius 2 is 1.67 bits per heavy atom. The van der Waals surface area contributed by atoms with Crippen molar-refractivity contribution in [3.8, 4) is 5.75 Å². The largest absolute Gasteiger partial charge is 0.508 e. The Morgan fingerprint density at radius 1 is 1.07 bits per heavy atom. The number of benzene rings is 2. The highest BCUT2D eigenvalue weighted by Crippen LogP contribution is 2.13. The molecule has 3 N–H and O–H groups in total. The fourth-order valence-corrected chi connectivity index (χ4v) is 3.59. The molecule has 144 valence electrons. The smallest absolute Gasteiger partial charge is 0.258 e. The third-order valence-corrected chi connectivity index (χ3v) is 5.30. The molecule has 0 aliphatic rings.